The van der Waals surface area contributed by atoms with Crippen molar-refractivity contribution in [3.05, 3.63) is 18.2 Å². The van der Waals surface area contributed by atoms with Crippen molar-refractivity contribution in [1.82, 2.24) is 14.3 Å². The van der Waals surface area contributed by atoms with E-state index in [2.05, 4.69) is 19.7 Å². The fourth-order valence-electron chi connectivity index (χ4n) is 1.97. The lowest BCUT2D eigenvalue weighted by Gasteiger charge is -2.07. The van der Waals surface area contributed by atoms with E-state index in [0.29, 0.717) is 18.0 Å². The van der Waals surface area contributed by atoms with Gasteiger partial charge in [-0.2, -0.15) is 4.37 Å². The number of nitrogens with one attached hydrogen (secondary N) is 2. The summed E-state index contributed by atoms with van der Waals surface area (Å²) in [6, 6.07) is 0. The number of hydrogen-bond donors (Lipinski definition) is 3. The van der Waals surface area contributed by atoms with Crippen LogP contribution in [0.1, 0.15) is 25.6 Å². The summed E-state index contributed by atoms with van der Waals surface area (Å²) < 4.78 is 28.3. The Kier molecular flexibility index (Phi) is 5.18. The first-order valence-corrected chi connectivity index (χ1v) is 9.17. The molecular weight excluding hydrogens is 310 g/mol. The molecule has 21 heavy (non-hydrogen) atoms. The minimum Gasteiger partial charge on any atom is -0.382 e. The molecule has 2 aromatic heterocycles. The van der Waals surface area contributed by atoms with Crippen molar-refractivity contribution in [2.24, 2.45) is 0 Å². The van der Waals surface area contributed by atoms with Crippen molar-refractivity contribution < 1.29 is 8.42 Å². The number of nitrogen functional groups attached to an aromatic ring is 1. The molecule has 0 fully saturated rings. The molecule has 7 nitrogen and oxygen atoms in total. The molecule has 0 unspecified atom stereocenters. The number of H-pyrrole nitrogens is 1. The van der Waals surface area contributed by atoms with Gasteiger partial charge in [0.1, 0.15) is 15.7 Å². The van der Waals surface area contributed by atoms with E-state index in [1.165, 1.54) is 0 Å². The number of aromatic amines is 1. The zero-order valence-electron chi connectivity index (χ0n) is 11.8. The molecule has 9 heteroatoms. The van der Waals surface area contributed by atoms with Crippen LogP contribution in [0.2, 0.25) is 0 Å². The van der Waals surface area contributed by atoms with Crippen LogP contribution in [-0.2, 0) is 16.3 Å². The number of nitrogens with two attached hydrogens (primary N) is 1. The molecule has 0 bridgehead atoms. The van der Waals surface area contributed by atoms with Gasteiger partial charge in [0, 0.05) is 25.4 Å². The van der Waals surface area contributed by atoms with Crippen LogP contribution in [0.15, 0.2) is 17.3 Å². The van der Waals surface area contributed by atoms with E-state index >= 15 is 0 Å². The lowest BCUT2D eigenvalue weighted by atomic mass is 10.3. The molecule has 2 heterocycles. The van der Waals surface area contributed by atoms with Crippen LogP contribution >= 0.6 is 11.5 Å². The Hall–Kier alpha value is -1.61. The Morgan fingerprint density at radius 1 is 1.48 bits per heavy atom. The van der Waals surface area contributed by atoms with Gasteiger partial charge in [-0.05, 0) is 24.4 Å². The Morgan fingerprint density at radius 2 is 2.29 bits per heavy atom. The maximum absolute atomic E-state index is 12.2. The lowest BCUT2D eigenvalue weighted by Crippen LogP contribution is -2.11. The van der Waals surface area contributed by atoms with E-state index < -0.39 is 9.84 Å². The second-order valence-electron chi connectivity index (χ2n) is 4.61. The third-order valence-electron chi connectivity index (χ3n) is 2.89. The largest absolute Gasteiger partial charge is 0.382 e. The lowest BCUT2D eigenvalue weighted by molar-refractivity contribution is 0.595. The zero-order chi connectivity index (χ0) is 15.3. The Balaban J connectivity index is 1.98. The molecule has 0 spiro atoms. The molecule has 0 radical (unpaired) electrons. The standard InChI is InChI=1S/C12H19N5O2S2/c1-2-8-21(18,19)10-11(13)17-20-12(10)16-5-3-4-9-14-6-7-15-9/h6-7,16H,2-5,8H2,1H3,(H2,13,17)(H,14,15). The Morgan fingerprint density at radius 3 is 2.95 bits per heavy atom. The summed E-state index contributed by atoms with van der Waals surface area (Å²) in [6.07, 6.45) is 5.67. The zero-order valence-corrected chi connectivity index (χ0v) is 13.4. The number of anilines is 2. The first-order chi connectivity index (χ1) is 10.0. The highest BCUT2D eigenvalue weighted by Gasteiger charge is 2.24. The first kappa shape index (κ1) is 15.8. The van der Waals surface area contributed by atoms with Crippen molar-refractivity contribution in [1.29, 1.82) is 0 Å². The average Bonchev–Trinajstić information content (AvgIpc) is 3.04. The van der Waals surface area contributed by atoms with E-state index in [9.17, 15) is 8.42 Å². The molecule has 0 amide bonds. The minimum atomic E-state index is -3.37. The monoisotopic (exact) mass is 329 g/mol. The molecule has 0 atom stereocenters. The van der Waals surface area contributed by atoms with Crippen LogP contribution in [0, 0.1) is 0 Å². The maximum Gasteiger partial charge on any atom is 0.185 e. The molecule has 0 aliphatic carbocycles. The van der Waals surface area contributed by atoms with E-state index in [1.807, 2.05) is 6.92 Å². The van der Waals surface area contributed by atoms with Crippen molar-refractivity contribution >= 4 is 32.2 Å². The Labute approximate surface area is 128 Å². The SMILES string of the molecule is CCCS(=O)(=O)c1c(N)nsc1NCCCc1ncc[nH]1. The summed E-state index contributed by atoms with van der Waals surface area (Å²) in [6.45, 7) is 2.46. The molecular formula is C12H19N5O2S2. The maximum atomic E-state index is 12.2. The summed E-state index contributed by atoms with van der Waals surface area (Å²) in [7, 11) is -3.37. The van der Waals surface area contributed by atoms with E-state index in [-0.39, 0.29) is 16.5 Å². The van der Waals surface area contributed by atoms with Crippen LogP contribution in [0.5, 0.6) is 0 Å². The first-order valence-electron chi connectivity index (χ1n) is 6.74. The van der Waals surface area contributed by atoms with Crippen LogP contribution in [0.25, 0.3) is 0 Å². The highest BCUT2D eigenvalue weighted by Crippen LogP contribution is 2.32. The van der Waals surface area contributed by atoms with Crippen LogP contribution in [0.4, 0.5) is 10.8 Å². The van der Waals surface area contributed by atoms with Gasteiger partial charge >= 0.3 is 0 Å². The van der Waals surface area contributed by atoms with Gasteiger partial charge < -0.3 is 16.0 Å². The number of aromatic nitrogens is 3. The van der Waals surface area contributed by atoms with Crippen molar-refractivity contribution in [2.75, 3.05) is 23.3 Å². The third kappa shape index (κ3) is 3.94. The number of sulfone groups is 1. The molecule has 2 aromatic rings. The highest BCUT2D eigenvalue weighted by atomic mass is 32.2. The molecule has 2 rings (SSSR count). The fourth-order valence-corrected chi connectivity index (χ4v) is 4.62. The molecule has 0 saturated heterocycles. The van der Waals surface area contributed by atoms with E-state index in [0.717, 1.165) is 30.2 Å². The van der Waals surface area contributed by atoms with Gasteiger partial charge in [-0.15, -0.1) is 0 Å². The smallest absolute Gasteiger partial charge is 0.185 e. The Bertz CT molecular complexity index is 664. The molecule has 0 saturated carbocycles. The van der Waals surface area contributed by atoms with Crippen LogP contribution in [-0.4, -0.2) is 35.1 Å². The third-order valence-corrected chi connectivity index (χ3v) is 5.82. The number of hydrogen-bond acceptors (Lipinski definition) is 7. The van der Waals surface area contributed by atoms with Gasteiger partial charge in [-0.3, -0.25) is 0 Å². The van der Waals surface area contributed by atoms with Crippen molar-refractivity contribution in [2.45, 2.75) is 31.1 Å². The predicted molar refractivity (Wildman–Crippen MR) is 84.3 cm³/mol. The normalized spacial score (nSPS) is 11.7. The van der Waals surface area contributed by atoms with Gasteiger partial charge in [-0.25, -0.2) is 13.4 Å². The molecule has 116 valence electrons. The predicted octanol–water partition coefficient (Wildman–Crippen LogP) is 1.68. The van der Waals surface area contributed by atoms with Gasteiger partial charge in [0.05, 0.1) is 5.75 Å². The van der Waals surface area contributed by atoms with Crippen LogP contribution < -0.4 is 11.1 Å². The van der Waals surface area contributed by atoms with Gasteiger partial charge in [0.2, 0.25) is 0 Å². The molecule has 0 aliphatic rings. The number of imidazole rings is 1. The second kappa shape index (κ2) is 6.90. The summed E-state index contributed by atoms with van der Waals surface area (Å²) in [5, 5.41) is 3.64. The van der Waals surface area contributed by atoms with Gasteiger partial charge in [-0.1, -0.05) is 6.92 Å². The number of nitrogens with zero attached hydrogens (tertiary/aromatic N) is 2. The molecule has 4 N–H and O–H groups in total. The highest BCUT2D eigenvalue weighted by molar-refractivity contribution is 7.91. The number of aryl methyl sites for hydroxylation is 1. The number of rotatable bonds is 8. The minimum absolute atomic E-state index is 0.0800. The van der Waals surface area contributed by atoms with Gasteiger partial charge in [0.25, 0.3) is 0 Å². The summed E-state index contributed by atoms with van der Waals surface area (Å²) in [4.78, 5) is 7.31. The summed E-state index contributed by atoms with van der Waals surface area (Å²) in [5.74, 6) is 1.08. The van der Waals surface area contributed by atoms with Crippen molar-refractivity contribution in [3.63, 3.8) is 0 Å². The topological polar surface area (TPSA) is 114 Å². The van der Waals surface area contributed by atoms with E-state index in [4.69, 9.17) is 5.73 Å². The summed E-state index contributed by atoms with van der Waals surface area (Å²) >= 11 is 1.09. The molecule has 0 aliphatic heterocycles. The average molecular weight is 329 g/mol. The quantitative estimate of drug-likeness (QED) is 0.635. The fraction of sp³-hybridized carbons (Fsp3) is 0.500. The van der Waals surface area contributed by atoms with Crippen LogP contribution in [0.3, 0.4) is 0 Å². The van der Waals surface area contributed by atoms with Gasteiger partial charge in [0.15, 0.2) is 15.7 Å². The summed E-state index contributed by atoms with van der Waals surface area (Å²) in [5.41, 5.74) is 5.70. The van der Waals surface area contributed by atoms with Crippen molar-refractivity contribution in [3.8, 4) is 0 Å². The molecule has 0 aromatic carbocycles. The van der Waals surface area contributed by atoms with E-state index in [1.54, 1.807) is 12.4 Å². The second-order valence-corrected chi connectivity index (χ2v) is 7.43.